The van der Waals surface area contributed by atoms with Gasteiger partial charge in [0.25, 0.3) is 5.56 Å². The Hall–Kier alpha value is -1.10. The van der Waals surface area contributed by atoms with Crippen LogP contribution in [0, 0.1) is 0 Å². The largest absolute Gasteiger partial charge is 0.490 e. The fourth-order valence-corrected chi connectivity index (χ4v) is 5.64. The first kappa shape index (κ1) is 26.2. The van der Waals surface area contributed by atoms with Crippen LogP contribution in [0.1, 0.15) is 0 Å². The number of phosphoric acid groups is 3. The highest BCUT2D eigenvalue weighted by atomic mass is 31.3. The van der Waals surface area contributed by atoms with Gasteiger partial charge in [-0.05, 0) is 0 Å². The van der Waals surface area contributed by atoms with E-state index in [9.17, 15) is 33.3 Å². The van der Waals surface area contributed by atoms with Crippen molar-refractivity contribution in [2.24, 2.45) is 5.73 Å². The topological polar surface area (TPSA) is 270 Å². The number of rotatable bonds is 9. The van der Waals surface area contributed by atoms with Crippen LogP contribution in [0.4, 0.5) is 4.39 Å². The molecule has 1 aliphatic rings. The van der Waals surface area contributed by atoms with Crippen LogP contribution in [0.3, 0.4) is 0 Å². The van der Waals surface area contributed by atoms with Crippen LogP contribution in [0.15, 0.2) is 21.9 Å². The van der Waals surface area contributed by atoms with Gasteiger partial charge in [-0.2, -0.15) is 8.62 Å². The smallest absolute Gasteiger partial charge is 0.384 e. The fraction of sp³-hybridized carbons (Fsp3) is 0.600. The van der Waals surface area contributed by atoms with Crippen LogP contribution in [0.25, 0.3) is 0 Å². The Bertz CT molecular complexity index is 1090. The predicted molar refractivity (Wildman–Crippen MR) is 94.0 cm³/mol. The zero-order chi connectivity index (χ0) is 23.9. The molecule has 5 atom stereocenters. The molecule has 2 rings (SSSR count). The normalized spacial score (nSPS) is 30.6. The van der Waals surface area contributed by atoms with E-state index in [4.69, 9.17) is 25.2 Å². The van der Waals surface area contributed by atoms with Gasteiger partial charge in [0.1, 0.15) is 18.3 Å². The first-order chi connectivity index (χ1) is 14.0. The van der Waals surface area contributed by atoms with E-state index in [1.165, 1.54) is 0 Å². The van der Waals surface area contributed by atoms with E-state index in [-0.39, 0.29) is 4.57 Å². The van der Waals surface area contributed by atoms with E-state index in [2.05, 4.69) is 13.1 Å². The van der Waals surface area contributed by atoms with Gasteiger partial charge < -0.3 is 35.2 Å². The summed E-state index contributed by atoms with van der Waals surface area (Å²) in [6, 6.07) is 0.768. The molecule has 0 spiro atoms. The van der Waals surface area contributed by atoms with Crippen molar-refractivity contribution in [1.82, 2.24) is 9.55 Å². The molecule has 8 N–H and O–H groups in total. The van der Waals surface area contributed by atoms with E-state index < -0.39 is 72.0 Å². The molecule has 0 radical (unpaired) electrons. The van der Waals surface area contributed by atoms with E-state index in [0.717, 1.165) is 6.07 Å². The van der Waals surface area contributed by atoms with Gasteiger partial charge in [-0.25, -0.2) is 22.9 Å². The van der Waals surface area contributed by atoms with Crippen molar-refractivity contribution in [3.63, 3.8) is 0 Å². The Kier molecular flexibility index (Phi) is 7.33. The minimum atomic E-state index is -5.82. The Labute approximate surface area is 170 Å². The Morgan fingerprint density at radius 3 is 2.35 bits per heavy atom. The third-order valence-corrected chi connectivity index (χ3v) is 7.72. The molecular weight excluding hydrogens is 498 g/mol. The minimum Gasteiger partial charge on any atom is -0.384 e. The molecule has 3 unspecified atom stereocenters. The molecule has 17 nitrogen and oxygen atoms in total. The van der Waals surface area contributed by atoms with Crippen molar-refractivity contribution in [1.29, 1.82) is 0 Å². The van der Waals surface area contributed by atoms with Crippen molar-refractivity contribution in [3.05, 3.63) is 33.1 Å². The number of aliphatic hydroxyl groups is 1. The molecule has 1 aliphatic heterocycles. The standard InChI is InChI=1S/C10H17FN3O14P3/c11-10(14-2-1-6(15)13-8(14)17)5-25-9(3-12,7(10)16)4-26-30(21,22)28-31(23,24)27-29(18,19)20/h1-2,7,16H,3-5,12H2,(H,21,22)(H,23,24)(H,13,15,17)(H2,18,19,20)/t7-,9-,10?/m1/s1. The van der Waals surface area contributed by atoms with Crippen LogP contribution >= 0.6 is 23.5 Å². The summed E-state index contributed by atoms with van der Waals surface area (Å²) in [5.41, 5.74) is 0.999. The summed E-state index contributed by atoms with van der Waals surface area (Å²) in [7, 11) is -17.1. The van der Waals surface area contributed by atoms with Gasteiger partial charge in [-0.1, -0.05) is 0 Å². The molecule has 1 fully saturated rings. The molecule has 178 valence electrons. The highest BCUT2D eigenvalue weighted by Gasteiger charge is 2.61. The SMILES string of the molecule is NC[C@]1(COP(=O)(O)OP(=O)(O)OP(=O)(O)O)OCC(F)(n2ccc(=O)[nH]c2=O)[C@@H]1O. The molecule has 0 saturated carbocycles. The van der Waals surface area contributed by atoms with Crippen LogP contribution in [0.2, 0.25) is 0 Å². The van der Waals surface area contributed by atoms with Crippen molar-refractivity contribution < 1.29 is 60.6 Å². The number of aliphatic hydroxyl groups excluding tert-OH is 1. The molecule has 2 heterocycles. The summed E-state index contributed by atoms with van der Waals surface area (Å²) in [4.78, 5) is 60.3. The number of nitrogens with zero attached hydrogens (tertiary/aromatic N) is 1. The van der Waals surface area contributed by atoms with E-state index in [1.54, 1.807) is 4.98 Å². The van der Waals surface area contributed by atoms with Crippen LogP contribution in [-0.4, -0.2) is 65.7 Å². The van der Waals surface area contributed by atoms with E-state index >= 15 is 4.39 Å². The lowest BCUT2D eigenvalue weighted by atomic mass is 9.93. The lowest BCUT2D eigenvalue weighted by Gasteiger charge is -2.33. The third-order valence-electron chi connectivity index (χ3n) is 3.94. The first-order valence-electron chi connectivity index (χ1n) is 7.77. The van der Waals surface area contributed by atoms with Gasteiger partial charge >= 0.3 is 29.2 Å². The molecule has 1 aromatic heterocycles. The number of alkyl halides is 1. The van der Waals surface area contributed by atoms with Gasteiger partial charge in [-0.3, -0.25) is 18.9 Å². The number of aromatic nitrogens is 2. The summed E-state index contributed by atoms with van der Waals surface area (Å²) < 4.78 is 65.9. The molecule has 1 saturated heterocycles. The maximum absolute atomic E-state index is 15.4. The monoisotopic (exact) mass is 515 g/mol. The molecule has 21 heteroatoms. The van der Waals surface area contributed by atoms with Crippen LogP contribution in [-0.2, 0) is 37.4 Å². The molecular formula is C10H17FN3O14P3. The maximum atomic E-state index is 15.4. The fourth-order valence-electron chi connectivity index (χ4n) is 2.56. The Morgan fingerprint density at radius 2 is 1.84 bits per heavy atom. The van der Waals surface area contributed by atoms with Crippen molar-refractivity contribution >= 4 is 23.5 Å². The van der Waals surface area contributed by atoms with Crippen LogP contribution in [0.5, 0.6) is 0 Å². The Balaban J connectivity index is 2.22. The number of nitrogens with two attached hydrogens (primary N) is 1. The van der Waals surface area contributed by atoms with Crippen molar-refractivity contribution in [3.8, 4) is 0 Å². The second kappa shape index (κ2) is 8.68. The number of phosphoric ester groups is 1. The number of nitrogens with one attached hydrogen (secondary N) is 1. The van der Waals surface area contributed by atoms with E-state index in [0.29, 0.717) is 6.20 Å². The summed E-state index contributed by atoms with van der Waals surface area (Å²) >= 11 is 0. The predicted octanol–water partition coefficient (Wildman–Crippen LogP) is -2.41. The minimum absolute atomic E-state index is 0.279. The maximum Gasteiger partial charge on any atom is 0.490 e. The van der Waals surface area contributed by atoms with Gasteiger partial charge in [0, 0.05) is 18.8 Å². The molecule has 0 aromatic carbocycles. The number of halogens is 1. The third kappa shape index (κ3) is 6.03. The number of hydrogen-bond acceptors (Lipinski definition) is 11. The molecule has 31 heavy (non-hydrogen) atoms. The highest BCUT2D eigenvalue weighted by molar-refractivity contribution is 7.66. The summed E-state index contributed by atoms with van der Waals surface area (Å²) in [5.74, 6) is -3.03. The second-order valence-electron chi connectivity index (χ2n) is 6.12. The second-order valence-corrected chi connectivity index (χ2v) is 10.5. The van der Waals surface area contributed by atoms with Gasteiger partial charge in [0.2, 0.25) is 5.79 Å². The van der Waals surface area contributed by atoms with Crippen LogP contribution < -0.4 is 17.0 Å². The number of H-pyrrole nitrogens is 1. The Morgan fingerprint density at radius 1 is 1.23 bits per heavy atom. The van der Waals surface area contributed by atoms with Crippen molar-refractivity contribution in [2.75, 3.05) is 19.8 Å². The number of hydrogen-bond donors (Lipinski definition) is 7. The molecule has 1 aromatic rings. The van der Waals surface area contributed by atoms with Crippen molar-refractivity contribution in [2.45, 2.75) is 17.5 Å². The highest BCUT2D eigenvalue weighted by Crippen LogP contribution is 2.66. The van der Waals surface area contributed by atoms with E-state index in [1.807, 2.05) is 0 Å². The average Bonchev–Trinajstić information content (AvgIpc) is 2.83. The quantitative estimate of drug-likeness (QED) is 0.169. The molecule has 0 aliphatic carbocycles. The van der Waals surface area contributed by atoms with Gasteiger partial charge in [0.05, 0.1) is 6.61 Å². The average molecular weight is 515 g/mol. The zero-order valence-electron chi connectivity index (χ0n) is 15.0. The summed E-state index contributed by atoms with van der Waals surface area (Å²) in [6.07, 6.45) is -1.64. The molecule has 0 amide bonds. The lowest BCUT2D eigenvalue weighted by Crippen LogP contribution is -2.57. The lowest BCUT2D eigenvalue weighted by molar-refractivity contribution is -0.0995. The van der Waals surface area contributed by atoms with Gasteiger partial charge in [-0.15, -0.1) is 0 Å². The summed E-state index contributed by atoms with van der Waals surface area (Å²) in [5, 5.41) is 10.4. The first-order valence-corrected chi connectivity index (χ1v) is 12.3. The van der Waals surface area contributed by atoms with Gasteiger partial charge in [0.15, 0.2) is 0 Å². The zero-order valence-corrected chi connectivity index (χ0v) is 17.7. The summed E-state index contributed by atoms with van der Waals surface area (Å²) in [6.45, 7) is -3.09. The number of aromatic amines is 1. The number of ether oxygens (including phenoxy) is 1. The molecule has 0 bridgehead atoms.